The van der Waals surface area contributed by atoms with E-state index in [-0.39, 0.29) is 6.61 Å². The Balaban J connectivity index is -0.000000277. The number of rotatable bonds is 7. The second kappa shape index (κ2) is 13.2. The minimum absolute atomic E-state index is 0.241. The first-order chi connectivity index (χ1) is 9.33. The molecule has 0 heterocycles. The van der Waals surface area contributed by atoms with Crippen LogP contribution in [0.5, 0.6) is 0 Å². The maximum atomic E-state index is 8.40. The zero-order valence-electron chi connectivity index (χ0n) is 15.9. The summed E-state index contributed by atoms with van der Waals surface area (Å²) >= 11 is 0. The van der Waals surface area contributed by atoms with Crippen molar-refractivity contribution in [2.24, 2.45) is 0 Å². The molecule has 21 heavy (non-hydrogen) atoms. The first-order valence-electron chi connectivity index (χ1n) is 7.41. The molecule has 0 aliphatic rings. The van der Waals surface area contributed by atoms with Crippen LogP contribution in [0.25, 0.3) is 0 Å². The maximum Gasteiger partial charge on any atom is 0.321 e. The standard InChI is InChI=1S/C6H18O2Si2.C6H16O2Si.BH3Si/c1-7-10(5,6)8-9(2,3)4;1-9(2,3)8-6-4-5-7;1-2/h1-6H3;7H,4-6H2,1-3H3;2H3. The molecular formula is C12H37BO4Si4. The zero-order chi connectivity index (χ0) is 17.7. The molecular weight excluding hydrogens is 331 g/mol. The highest BCUT2D eigenvalue weighted by molar-refractivity contribution is 6.81. The Kier molecular flexibility index (Phi) is 16.8. The van der Waals surface area contributed by atoms with E-state index in [1.165, 1.54) is 0 Å². The third kappa shape index (κ3) is 29.4. The third-order valence-corrected chi connectivity index (χ3v) is 8.35. The fraction of sp³-hybridized carbons (Fsp3) is 1.00. The van der Waals surface area contributed by atoms with Gasteiger partial charge in [-0.15, -0.1) is 0 Å². The van der Waals surface area contributed by atoms with Gasteiger partial charge in [0.15, 0.2) is 16.6 Å². The summed E-state index contributed by atoms with van der Waals surface area (Å²) in [6.45, 7) is 18.1. The molecule has 0 unspecified atom stereocenters. The molecule has 0 saturated heterocycles. The molecule has 0 aromatic rings. The number of hydrogen-bond donors (Lipinski definition) is 1. The molecule has 1 N–H and O–H groups in total. The second-order valence-corrected chi connectivity index (χ2v) is 19.6. The Labute approximate surface area is 140 Å². The Hall–Kier alpha value is 0.772. The summed E-state index contributed by atoms with van der Waals surface area (Å²) in [5.74, 6) is 0. The van der Waals surface area contributed by atoms with Crippen molar-refractivity contribution in [3.8, 4) is 0 Å². The summed E-state index contributed by atoms with van der Waals surface area (Å²) in [4.78, 5) is 0. The fourth-order valence-corrected chi connectivity index (χ4v) is 8.21. The third-order valence-electron chi connectivity index (χ3n) is 1.88. The summed E-state index contributed by atoms with van der Waals surface area (Å²) in [5, 5.41) is 8.40. The van der Waals surface area contributed by atoms with Crippen molar-refractivity contribution >= 4 is 42.7 Å². The number of aliphatic hydroxyl groups excluding tert-OH is 1. The highest BCUT2D eigenvalue weighted by atomic mass is 28.4. The van der Waals surface area contributed by atoms with Gasteiger partial charge in [-0.1, -0.05) is 0 Å². The SMILES string of the molecule is CO[Si](C)(C)O[Si](C)(C)C.C[Si](C)(C)OCCCO.[B][SiH3]. The van der Waals surface area contributed by atoms with Gasteiger partial charge in [-0.2, -0.15) is 0 Å². The Morgan fingerprint density at radius 1 is 0.905 bits per heavy atom. The smallest absolute Gasteiger partial charge is 0.321 e. The van der Waals surface area contributed by atoms with Gasteiger partial charge in [-0.3, -0.25) is 0 Å². The van der Waals surface area contributed by atoms with E-state index in [0.29, 0.717) is 6.61 Å². The van der Waals surface area contributed by atoms with E-state index >= 15 is 0 Å². The lowest BCUT2D eigenvalue weighted by Gasteiger charge is -2.29. The summed E-state index contributed by atoms with van der Waals surface area (Å²) < 4.78 is 16.5. The highest BCUT2D eigenvalue weighted by Crippen LogP contribution is 2.13. The van der Waals surface area contributed by atoms with Crippen molar-refractivity contribution in [2.45, 2.75) is 58.8 Å². The molecule has 0 spiro atoms. The van der Waals surface area contributed by atoms with Crippen LogP contribution in [-0.2, 0) is 13.0 Å². The molecule has 0 aliphatic carbocycles. The topological polar surface area (TPSA) is 47.9 Å². The minimum Gasteiger partial charge on any atom is -0.436 e. The van der Waals surface area contributed by atoms with Crippen molar-refractivity contribution in [1.82, 2.24) is 0 Å². The number of aliphatic hydroxyl groups is 1. The zero-order valence-corrected chi connectivity index (χ0v) is 20.9. The molecule has 0 bridgehead atoms. The molecule has 0 aromatic heterocycles. The predicted octanol–water partition coefficient (Wildman–Crippen LogP) is 1.84. The van der Waals surface area contributed by atoms with Crippen LogP contribution in [0.4, 0.5) is 0 Å². The van der Waals surface area contributed by atoms with Crippen LogP contribution < -0.4 is 0 Å². The van der Waals surface area contributed by atoms with E-state index in [9.17, 15) is 0 Å². The van der Waals surface area contributed by atoms with Gasteiger partial charge in [-0.25, -0.2) is 0 Å². The van der Waals surface area contributed by atoms with E-state index in [2.05, 4.69) is 59.8 Å². The van der Waals surface area contributed by atoms with Gasteiger partial charge in [0, 0.05) is 27.8 Å². The quantitative estimate of drug-likeness (QED) is 0.550. The molecule has 0 atom stereocenters. The Morgan fingerprint density at radius 3 is 1.52 bits per heavy atom. The van der Waals surface area contributed by atoms with Crippen LogP contribution in [0.2, 0.25) is 52.4 Å². The van der Waals surface area contributed by atoms with Crippen molar-refractivity contribution in [3.05, 3.63) is 0 Å². The molecule has 0 fully saturated rings. The van der Waals surface area contributed by atoms with Gasteiger partial charge in [0.25, 0.3) is 0 Å². The molecule has 0 amide bonds. The molecule has 0 aliphatic heterocycles. The first-order valence-corrected chi connectivity index (χ1v) is 18.2. The van der Waals surface area contributed by atoms with Crippen molar-refractivity contribution < 1.29 is 18.1 Å². The largest absolute Gasteiger partial charge is 0.436 e. The first kappa shape index (κ1) is 26.7. The van der Waals surface area contributed by atoms with Gasteiger partial charge in [0.05, 0.1) is 0 Å². The van der Waals surface area contributed by atoms with Gasteiger partial charge >= 0.3 is 8.56 Å². The summed E-state index contributed by atoms with van der Waals surface area (Å²) in [6.07, 6.45) is 0.768. The van der Waals surface area contributed by atoms with Crippen molar-refractivity contribution in [1.29, 1.82) is 0 Å². The lowest BCUT2D eigenvalue weighted by molar-refractivity contribution is 0.230. The Morgan fingerprint density at radius 2 is 1.33 bits per heavy atom. The van der Waals surface area contributed by atoms with Crippen LogP contribution in [0.3, 0.4) is 0 Å². The van der Waals surface area contributed by atoms with Crippen LogP contribution in [0.15, 0.2) is 0 Å². The van der Waals surface area contributed by atoms with Gasteiger partial charge < -0.3 is 18.1 Å². The highest BCUT2D eigenvalue weighted by Gasteiger charge is 2.29. The van der Waals surface area contributed by atoms with E-state index in [4.69, 9.17) is 18.1 Å². The summed E-state index contributed by atoms with van der Waals surface area (Å²) in [6, 6.07) is 0. The monoisotopic (exact) mass is 368 g/mol. The van der Waals surface area contributed by atoms with Gasteiger partial charge in [0.2, 0.25) is 0 Å². The van der Waals surface area contributed by atoms with Gasteiger partial charge in [0.1, 0.15) is 0 Å². The Bertz CT molecular complexity index is 230. The average Bonchev–Trinajstić information content (AvgIpc) is 2.28. The molecule has 0 saturated carbocycles. The lowest BCUT2D eigenvalue weighted by atomic mass is 10.5. The number of hydrogen-bond acceptors (Lipinski definition) is 4. The van der Waals surface area contributed by atoms with Crippen LogP contribution in [0.1, 0.15) is 6.42 Å². The minimum atomic E-state index is -1.75. The lowest BCUT2D eigenvalue weighted by Crippen LogP contribution is -2.43. The normalized spacial score (nSPS) is 12.1. The molecule has 9 heteroatoms. The molecule has 128 valence electrons. The molecule has 0 aromatic carbocycles. The van der Waals surface area contributed by atoms with Crippen molar-refractivity contribution in [3.63, 3.8) is 0 Å². The molecule has 2 radical (unpaired) electrons. The van der Waals surface area contributed by atoms with Gasteiger partial charge in [-0.05, 0) is 68.9 Å². The average molecular weight is 369 g/mol. The van der Waals surface area contributed by atoms with E-state index in [1.54, 1.807) is 7.11 Å². The second-order valence-electron chi connectivity index (χ2n) is 6.86. The van der Waals surface area contributed by atoms with Crippen LogP contribution in [0, 0.1) is 0 Å². The van der Waals surface area contributed by atoms with Crippen LogP contribution in [-0.4, -0.2) is 68.2 Å². The van der Waals surface area contributed by atoms with E-state index in [0.717, 1.165) is 16.5 Å². The van der Waals surface area contributed by atoms with Crippen LogP contribution >= 0.6 is 0 Å². The van der Waals surface area contributed by atoms with E-state index in [1.807, 2.05) is 0 Å². The molecule has 4 nitrogen and oxygen atoms in total. The summed E-state index contributed by atoms with van der Waals surface area (Å²) in [7, 11) is 2.74. The summed E-state index contributed by atoms with van der Waals surface area (Å²) in [5.41, 5.74) is 0. The van der Waals surface area contributed by atoms with Crippen molar-refractivity contribution in [2.75, 3.05) is 20.3 Å². The van der Waals surface area contributed by atoms with E-state index < -0.39 is 25.2 Å². The maximum absolute atomic E-state index is 8.40. The predicted molar refractivity (Wildman–Crippen MR) is 106 cm³/mol. The fourth-order valence-electron chi connectivity index (χ4n) is 1.22. The molecule has 0 rings (SSSR count).